The Morgan fingerprint density at radius 3 is 2.71 bits per heavy atom. The molecule has 88 valence electrons. The third-order valence-corrected chi connectivity index (χ3v) is 2.42. The number of benzene rings is 1. The van der Waals surface area contributed by atoms with Crippen LogP contribution in [0.1, 0.15) is 35.4 Å². The van der Waals surface area contributed by atoms with Crippen molar-refractivity contribution in [2.75, 3.05) is 0 Å². The molecular formula is C13H12FNO2. The van der Waals surface area contributed by atoms with E-state index in [2.05, 4.69) is 4.98 Å². The summed E-state index contributed by atoms with van der Waals surface area (Å²) in [4.78, 5) is 15.4. The highest BCUT2D eigenvalue weighted by atomic mass is 19.1. The average molecular weight is 233 g/mol. The second kappa shape index (κ2) is 4.91. The van der Waals surface area contributed by atoms with E-state index in [-0.39, 0.29) is 17.4 Å². The summed E-state index contributed by atoms with van der Waals surface area (Å²) >= 11 is 0. The SMILES string of the molecule is CCC(=O)c1cnc(Cc2ccc(F)cc2)o1. The van der Waals surface area contributed by atoms with Crippen molar-refractivity contribution in [2.24, 2.45) is 0 Å². The lowest BCUT2D eigenvalue weighted by atomic mass is 10.1. The van der Waals surface area contributed by atoms with E-state index in [0.29, 0.717) is 18.7 Å². The number of oxazole rings is 1. The van der Waals surface area contributed by atoms with Crippen molar-refractivity contribution in [3.05, 3.63) is 53.5 Å². The van der Waals surface area contributed by atoms with Gasteiger partial charge in [-0.3, -0.25) is 4.79 Å². The Morgan fingerprint density at radius 2 is 2.06 bits per heavy atom. The Hall–Kier alpha value is -1.97. The van der Waals surface area contributed by atoms with Gasteiger partial charge in [0, 0.05) is 12.8 Å². The molecule has 4 heteroatoms. The van der Waals surface area contributed by atoms with E-state index in [1.807, 2.05) is 0 Å². The van der Waals surface area contributed by atoms with Gasteiger partial charge in [0.25, 0.3) is 0 Å². The number of rotatable bonds is 4. The van der Waals surface area contributed by atoms with Crippen LogP contribution in [0.2, 0.25) is 0 Å². The molecule has 0 spiro atoms. The van der Waals surface area contributed by atoms with Crippen LogP contribution in [-0.2, 0) is 6.42 Å². The smallest absolute Gasteiger partial charge is 0.199 e. The molecular weight excluding hydrogens is 221 g/mol. The molecule has 0 aliphatic rings. The van der Waals surface area contributed by atoms with E-state index in [1.165, 1.54) is 18.3 Å². The lowest BCUT2D eigenvalue weighted by molar-refractivity contribution is 0.0960. The summed E-state index contributed by atoms with van der Waals surface area (Å²) in [6, 6.07) is 6.11. The van der Waals surface area contributed by atoms with Crippen molar-refractivity contribution >= 4 is 5.78 Å². The van der Waals surface area contributed by atoms with Gasteiger partial charge < -0.3 is 4.42 Å². The molecule has 0 saturated heterocycles. The molecule has 0 unspecified atom stereocenters. The van der Waals surface area contributed by atoms with Gasteiger partial charge in [-0.25, -0.2) is 9.37 Å². The van der Waals surface area contributed by atoms with Crippen LogP contribution in [0.5, 0.6) is 0 Å². The molecule has 1 aromatic heterocycles. The van der Waals surface area contributed by atoms with Crippen molar-refractivity contribution in [1.82, 2.24) is 4.98 Å². The highest BCUT2D eigenvalue weighted by Crippen LogP contribution is 2.12. The molecule has 2 aromatic rings. The molecule has 0 radical (unpaired) electrons. The summed E-state index contributed by atoms with van der Waals surface area (Å²) in [6.45, 7) is 1.77. The largest absolute Gasteiger partial charge is 0.437 e. The number of aromatic nitrogens is 1. The normalized spacial score (nSPS) is 10.5. The highest BCUT2D eigenvalue weighted by Gasteiger charge is 2.10. The number of carbonyl (C=O) groups is 1. The van der Waals surface area contributed by atoms with Gasteiger partial charge in [0.1, 0.15) is 5.82 Å². The van der Waals surface area contributed by atoms with Crippen LogP contribution in [0.15, 0.2) is 34.9 Å². The highest BCUT2D eigenvalue weighted by molar-refractivity contribution is 5.92. The van der Waals surface area contributed by atoms with E-state index in [0.717, 1.165) is 5.56 Å². The number of Topliss-reactive ketones (excluding diaryl/α,β-unsaturated/α-hetero) is 1. The monoisotopic (exact) mass is 233 g/mol. The minimum absolute atomic E-state index is 0.0668. The molecule has 0 amide bonds. The first-order valence-corrected chi connectivity index (χ1v) is 5.41. The van der Waals surface area contributed by atoms with Gasteiger partial charge in [0.2, 0.25) is 0 Å². The van der Waals surface area contributed by atoms with Gasteiger partial charge >= 0.3 is 0 Å². The standard InChI is InChI=1S/C13H12FNO2/c1-2-11(16)12-8-15-13(17-12)7-9-3-5-10(14)6-4-9/h3-6,8H,2,7H2,1H3. The van der Waals surface area contributed by atoms with E-state index >= 15 is 0 Å². The number of hydrogen-bond donors (Lipinski definition) is 0. The molecule has 0 aliphatic heterocycles. The lowest BCUT2D eigenvalue weighted by Crippen LogP contribution is -1.93. The molecule has 17 heavy (non-hydrogen) atoms. The number of ketones is 1. The summed E-state index contributed by atoms with van der Waals surface area (Å²) in [5.41, 5.74) is 0.892. The third-order valence-electron chi connectivity index (χ3n) is 2.42. The summed E-state index contributed by atoms with van der Waals surface area (Å²) in [6.07, 6.45) is 2.28. The minimum atomic E-state index is -0.275. The molecule has 0 aliphatic carbocycles. The summed E-state index contributed by atoms with van der Waals surface area (Å²) in [5, 5.41) is 0. The number of nitrogens with zero attached hydrogens (tertiary/aromatic N) is 1. The second-order valence-electron chi connectivity index (χ2n) is 3.70. The van der Waals surface area contributed by atoms with Crippen molar-refractivity contribution in [3.63, 3.8) is 0 Å². The number of halogens is 1. The molecule has 1 aromatic carbocycles. The zero-order valence-electron chi connectivity index (χ0n) is 9.44. The Balaban J connectivity index is 2.11. The quantitative estimate of drug-likeness (QED) is 0.762. The summed E-state index contributed by atoms with van der Waals surface area (Å²) in [5.74, 6) is 0.406. The first kappa shape index (κ1) is 11.5. The first-order valence-electron chi connectivity index (χ1n) is 5.41. The molecule has 0 fully saturated rings. The van der Waals surface area contributed by atoms with Gasteiger partial charge in [0.15, 0.2) is 17.4 Å². The van der Waals surface area contributed by atoms with Gasteiger partial charge in [0.05, 0.1) is 6.20 Å². The molecule has 2 rings (SSSR count). The maximum absolute atomic E-state index is 12.7. The summed E-state index contributed by atoms with van der Waals surface area (Å²) < 4.78 is 18.0. The van der Waals surface area contributed by atoms with Crippen LogP contribution >= 0.6 is 0 Å². The van der Waals surface area contributed by atoms with Crippen molar-refractivity contribution in [2.45, 2.75) is 19.8 Å². The number of carbonyl (C=O) groups excluding carboxylic acids is 1. The predicted molar refractivity (Wildman–Crippen MR) is 60.3 cm³/mol. The third kappa shape index (κ3) is 2.78. The Kier molecular flexibility index (Phi) is 3.32. The molecule has 0 saturated carbocycles. The fourth-order valence-electron chi connectivity index (χ4n) is 1.47. The Morgan fingerprint density at radius 1 is 1.35 bits per heavy atom. The molecule has 3 nitrogen and oxygen atoms in total. The van der Waals surface area contributed by atoms with Crippen LogP contribution in [0, 0.1) is 5.82 Å². The molecule has 0 bridgehead atoms. The van der Waals surface area contributed by atoms with Crippen LogP contribution in [-0.4, -0.2) is 10.8 Å². The minimum Gasteiger partial charge on any atom is -0.437 e. The topological polar surface area (TPSA) is 43.1 Å². The molecule has 0 atom stereocenters. The maximum atomic E-state index is 12.7. The first-order chi connectivity index (χ1) is 8.19. The predicted octanol–water partition coefficient (Wildman–Crippen LogP) is 3.00. The van der Waals surface area contributed by atoms with Crippen LogP contribution < -0.4 is 0 Å². The van der Waals surface area contributed by atoms with E-state index in [1.54, 1.807) is 19.1 Å². The molecule has 1 heterocycles. The van der Waals surface area contributed by atoms with Crippen molar-refractivity contribution in [3.8, 4) is 0 Å². The van der Waals surface area contributed by atoms with E-state index in [9.17, 15) is 9.18 Å². The van der Waals surface area contributed by atoms with Gasteiger partial charge in [-0.15, -0.1) is 0 Å². The van der Waals surface area contributed by atoms with Crippen LogP contribution in [0.25, 0.3) is 0 Å². The Bertz CT molecular complexity index is 516. The average Bonchev–Trinajstić information content (AvgIpc) is 2.80. The van der Waals surface area contributed by atoms with Gasteiger partial charge in [-0.1, -0.05) is 19.1 Å². The summed E-state index contributed by atoms with van der Waals surface area (Å²) in [7, 11) is 0. The van der Waals surface area contributed by atoms with Gasteiger partial charge in [-0.05, 0) is 17.7 Å². The van der Waals surface area contributed by atoms with Crippen LogP contribution in [0.3, 0.4) is 0 Å². The Labute approximate surface area is 98.3 Å². The zero-order valence-corrected chi connectivity index (χ0v) is 9.44. The number of hydrogen-bond acceptors (Lipinski definition) is 3. The van der Waals surface area contributed by atoms with Crippen molar-refractivity contribution in [1.29, 1.82) is 0 Å². The van der Waals surface area contributed by atoms with Gasteiger partial charge in [-0.2, -0.15) is 0 Å². The second-order valence-corrected chi connectivity index (χ2v) is 3.70. The fraction of sp³-hybridized carbons (Fsp3) is 0.231. The maximum Gasteiger partial charge on any atom is 0.199 e. The van der Waals surface area contributed by atoms with E-state index in [4.69, 9.17) is 4.42 Å². The van der Waals surface area contributed by atoms with Crippen molar-refractivity contribution < 1.29 is 13.6 Å². The zero-order chi connectivity index (χ0) is 12.3. The van der Waals surface area contributed by atoms with Crippen LogP contribution in [0.4, 0.5) is 4.39 Å². The molecule has 0 N–H and O–H groups in total. The van der Waals surface area contributed by atoms with E-state index < -0.39 is 0 Å². The fourth-order valence-corrected chi connectivity index (χ4v) is 1.47. The lowest BCUT2D eigenvalue weighted by Gasteiger charge is -1.96.